The van der Waals surface area contributed by atoms with Gasteiger partial charge in [-0.25, -0.2) is 8.78 Å². The van der Waals surface area contributed by atoms with E-state index in [4.69, 9.17) is 0 Å². The Kier molecular flexibility index (Phi) is 1.99. The van der Waals surface area contributed by atoms with E-state index in [1.807, 2.05) is 0 Å². The van der Waals surface area contributed by atoms with Gasteiger partial charge in [0.25, 0.3) is 0 Å². The predicted molar refractivity (Wildman–Crippen MR) is 31.4 cm³/mol. The molecule has 1 atom stereocenters. The van der Waals surface area contributed by atoms with Crippen molar-refractivity contribution in [3.05, 3.63) is 12.2 Å². The second kappa shape index (κ2) is 2.77. The first-order chi connectivity index (χ1) is 4.74. The Morgan fingerprint density at radius 1 is 1.80 bits per heavy atom. The maximum atomic E-state index is 12.3. The van der Waals surface area contributed by atoms with Crippen LogP contribution in [-0.2, 0) is 4.79 Å². The van der Waals surface area contributed by atoms with Crippen LogP contribution in [0.1, 0.15) is 6.42 Å². The molecule has 2 nitrogen and oxygen atoms in total. The first-order valence-electron chi connectivity index (χ1n) is 2.96. The highest BCUT2D eigenvalue weighted by Gasteiger charge is 2.25. The molecule has 1 aliphatic heterocycles. The fraction of sp³-hybridized carbons (Fsp3) is 0.500. The standard InChI is InChI=1S/C6H7F2NO/c7-2-5(8)4-1-6(10)9-3-4/h2,4H,1,3H2,(H,9,10)/b5-2-/t4-/m1/s1. The van der Waals surface area contributed by atoms with E-state index in [9.17, 15) is 13.6 Å². The van der Waals surface area contributed by atoms with Crippen LogP contribution in [0.15, 0.2) is 12.2 Å². The number of nitrogens with one attached hydrogen (secondary N) is 1. The van der Waals surface area contributed by atoms with Crippen molar-refractivity contribution in [2.45, 2.75) is 6.42 Å². The van der Waals surface area contributed by atoms with Gasteiger partial charge in [-0.05, 0) is 0 Å². The lowest BCUT2D eigenvalue weighted by atomic mass is 10.1. The molecule has 56 valence electrons. The molecular weight excluding hydrogens is 140 g/mol. The molecule has 0 aromatic carbocycles. The van der Waals surface area contributed by atoms with Crippen LogP contribution in [0, 0.1) is 5.92 Å². The maximum absolute atomic E-state index is 12.3. The zero-order valence-corrected chi connectivity index (χ0v) is 5.23. The first kappa shape index (κ1) is 7.18. The van der Waals surface area contributed by atoms with Gasteiger partial charge in [-0.3, -0.25) is 4.79 Å². The maximum Gasteiger partial charge on any atom is 0.220 e. The molecule has 1 heterocycles. The highest BCUT2D eigenvalue weighted by Crippen LogP contribution is 2.19. The van der Waals surface area contributed by atoms with Gasteiger partial charge in [0.1, 0.15) is 12.2 Å². The Bertz CT molecular complexity index is 179. The molecule has 1 aliphatic rings. The minimum atomic E-state index is -0.849. The van der Waals surface area contributed by atoms with Crippen LogP contribution in [-0.4, -0.2) is 12.5 Å². The average molecular weight is 147 g/mol. The minimum absolute atomic E-state index is 0.0618. The second-order valence-electron chi connectivity index (χ2n) is 2.20. The molecule has 1 N–H and O–H groups in total. The molecule has 0 aromatic rings. The van der Waals surface area contributed by atoms with Crippen LogP contribution < -0.4 is 5.32 Å². The van der Waals surface area contributed by atoms with Gasteiger partial charge < -0.3 is 5.32 Å². The van der Waals surface area contributed by atoms with Crippen molar-refractivity contribution in [1.82, 2.24) is 5.32 Å². The van der Waals surface area contributed by atoms with Crippen LogP contribution in [0.5, 0.6) is 0 Å². The third-order valence-electron chi connectivity index (χ3n) is 1.47. The minimum Gasteiger partial charge on any atom is -0.355 e. The number of halogens is 2. The average Bonchev–Trinajstić information content (AvgIpc) is 2.34. The van der Waals surface area contributed by atoms with Gasteiger partial charge in [0.2, 0.25) is 5.91 Å². The Balaban J connectivity index is 2.52. The molecule has 0 bridgehead atoms. The molecule has 1 amide bonds. The Morgan fingerprint density at radius 2 is 2.50 bits per heavy atom. The second-order valence-corrected chi connectivity index (χ2v) is 2.20. The van der Waals surface area contributed by atoms with Crippen LogP contribution in [0.25, 0.3) is 0 Å². The van der Waals surface area contributed by atoms with Gasteiger partial charge in [-0.2, -0.15) is 0 Å². The number of carbonyl (C=O) groups excluding carboxylic acids is 1. The topological polar surface area (TPSA) is 29.1 Å². The summed E-state index contributed by atoms with van der Waals surface area (Å²) in [5.41, 5.74) is 0. The van der Waals surface area contributed by atoms with Crippen molar-refractivity contribution in [1.29, 1.82) is 0 Å². The summed E-state index contributed by atoms with van der Waals surface area (Å²) in [5, 5.41) is 2.40. The number of carbonyl (C=O) groups is 1. The lowest BCUT2D eigenvalue weighted by Crippen LogP contribution is -2.13. The van der Waals surface area contributed by atoms with E-state index in [0.717, 1.165) is 0 Å². The zero-order valence-electron chi connectivity index (χ0n) is 5.23. The Hall–Kier alpha value is -0.930. The molecule has 10 heavy (non-hydrogen) atoms. The molecule has 0 aromatic heterocycles. The van der Waals surface area contributed by atoms with Crippen molar-refractivity contribution in [2.24, 2.45) is 5.92 Å². The summed E-state index contributed by atoms with van der Waals surface area (Å²) >= 11 is 0. The smallest absolute Gasteiger partial charge is 0.220 e. The molecule has 0 saturated carbocycles. The van der Waals surface area contributed by atoms with Crippen molar-refractivity contribution >= 4 is 5.91 Å². The Morgan fingerprint density at radius 3 is 2.90 bits per heavy atom. The SMILES string of the molecule is O=C1C[C@@H](/C(F)=C/F)CN1. The molecule has 0 aliphatic carbocycles. The van der Waals surface area contributed by atoms with E-state index in [0.29, 0.717) is 0 Å². The number of amides is 1. The van der Waals surface area contributed by atoms with E-state index in [1.54, 1.807) is 0 Å². The molecule has 0 spiro atoms. The Labute approximate surface area is 56.9 Å². The van der Waals surface area contributed by atoms with E-state index in [-0.39, 0.29) is 25.2 Å². The van der Waals surface area contributed by atoms with Gasteiger partial charge >= 0.3 is 0 Å². The lowest BCUT2D eigenvalue weighted by Gasteiger charge is -1.99. The van der Waals surface area contributed by atoms with E-state index >= 15 is 0 Å². The van der Waals surface area contributed by atoms with Gasteiger partial charge in [-0.15, -0.1) is 0 Å². The van der Waals surface area contributed by atoms with Gasteiger partial charge in [0.05, 0.1) is 0 Å². The van der Waals surface area contributed by atoms with E-state index < -0.39 is 11.7 Å². The normalized spacial score (nSPS) is 26.8. The van der Waals surface area contributed by atoms with Gasteiger partial charge in [-0.1, -0.05) is 0 Å². The summed E-state index contributed by atoms with van der Waals surface area (Å²) in [6.07, 6.45) is -0.0306. The number of hydrogen-bond donors (Lipinski definition) is 1. The fourth-order valence-electron chi connectivity index (χ4n) is 0.889. The van der Waals surface area contributed by atoms with Crippen molar-refractivity contribution in [2.75, 3.05) is 6.54 Å². The largest absolute Gasteiger partial charge is 0.355 e. The van der Waals surface area contributed by atoms with Crippen molar-refractivity contribution in [3.63, 3.8) is 0 Å². The van der Waals surface area contributed by atoms with E-state index in [2.05, 4.69) is 5.32 Å². The summed E-state index contributed by atoms with van der Waals surface area (Å²) in [5.74, 6) is -1.65. The fourth-order valence-corrected chi connectivity index (χ4v) is 0.889. The predicted octanol–water partition coefficient (Wildman–Crippen LogP) is 0.903. The van der Waals surface area contributed by atoms with Crippen LogP contribution in [0.3, 0.4) is 0 Å². The monoisotopic (exact) mass is 147 g/mol. The third kappa shape index (κ3) is 1.32. The van der Waals surface area contributed by atoms with Crippen LogP contribution in [0.2, 0.25) is 0 Å². The molecular formula is C6H7F2NO. The van der Waals surface area contributed by atoms with Crippen molar-refractivity contribution in [3.8, 4) is 0 Å². The lowest BCUT2D eigenvalue weighted by molar-refractivity contribution is -0.119. The molecule has 0 radical (unpaired) electrons. The van der Waals surface area contributed by atoms with Crippen LogP contribution >= 0.6 is 0 Å². The van der Waals surface area contributed by atoms with Crippen LogP contribution in [0.4, 0.5) is 8.78 Å². The molecule has 0 unspecified atom stereocenters. The summed E-state index contributed by atoms with van der Waals surface area (Å²) < 4.78 is 23.8. The summed E-state index contributed by atoms with van der Waals surface area (Å²) in [4.78, 5) is 10.4. The summed E-state index contributed by atoms with van der Waals surface area (Å²) in [6.45, 7) is 0.213. The van der Waals surface area contributed by atoms with Gasteiger partial charge in [0, 0.05) is 18.9 Å². The number of rotatable bonds is 1. The van der Waals surface area contributed by atoms with E-state index in [1.165, 1.54) is 0 Å². The van der Waals surface area contributed by atoms with Gasteiger partial charge in [0.15, 0.2) is 0 Å². The van der Waals surface area contributed by atoms with Crippen molar-refractivity contribution < 1.29 is 13.6 Å². The zero-order chi connectivity index (χ0) is 7.56. The summed E-state index contributed by atoms with van der Waals surface area (Å²) in [7, 11) is 0. The molecule has 1 saturated heterocycles. The highest BCUT2D eigenvalue weighted by atomic mass is 19.2. The first-order valence-corrected chi connectivity index (χ1v) is 2.96. The molecule has 1 rings (SSSR count). The third-order valence-corrected chi connectivity index (χ3v) is 1.47. The highest BCUT2D eigenvalue weighted by molar-refractivity contribution is 5.78. The number of hydrogen-bond acceptors (Lipinski definition) is 1. The quantitative estimate of drug-likeness (QED) is 0.586. The molecule has 1 fully saturated rings. The summed E-state index contributed by atoms with van der Waals surface area (Å²) in [6, 6.07) is 0. The molecule has 4 heteroatoms.